The van der Waals surface area contributed by atoms with E-state index < -0.39 is 0 Å². The minimum absolute atomic E-state index is 0.662. The molecule has 0 bridgehead atoms. The van der Waals surface area contributed by atoms with Crippen molar-refractivity contribution in [3.8, 4) is 62.0 Å². The number of fused-ring (bicyclic) bond motifs is 6. The first-order valence-corrected chi connectivity index (χ1v) is 15.1. The highest BCUT2D eigenvalue weighted by atomic mass is 16.4. The standard InChI is InChI=1S/C41H22N2O/c1-2-9-24(10-3-1)41-42-39-30-17-7-16-29-32(22-20-31(36(29)30)40(39)44-41)43-33-18-8-15-28-26-13-5-4-12-25(26)27-14-6-11-23-19-21-34(43)38(35(23)27)37(28)33/h1-22H. The number of hydrogen-bond donors (Lipinski definition) is 0. The summed E-state index contributed by atoms with van der Waals surface area (Å²) in [7, 11) is 0. The monoisotopic (exact) mass is 558 g/mol. The summed E-state index contributed by atoms with van der Waals surface area (Å²) in [5.41, 5.74) is 12.9. The largest absolute Gasteiger partial charge is 0.435 e. The Morgan fingerprint density at radius 2 is 1.16 bits per heavy atom. The quantitative estimate of drug-likeness (QED) is 0.211. The molecule has 3 heteroatoms. The van der Waals surface area contributed by atoms with E-state index in [2.05, 4.69) is 108 Å². The highest BCUT2D eigenvalue weighted by Gasteiger charge is 2.30. The highest BCUT2D eigenvalue weighted by molar-refractivity contribution is 6.31. The van der Waals surface area contributed by atoms with Crippen molar-refractivity contribution in [3.05, 3.63) is 133 Å². The fourth-order valence-corrected chi connectivity index (χ4v) is 7.95. The predicted molar refractivity (Wildman–Crippen MR) is 180 cm³/mol. The van der Waals surface area contributed by atoms with Crippen LogP contribution in [0.25, 0.3) is 105 Å². The topological polar surface area (TPSA) is 31.0 Å². The molecule has 0 radical (unpaired) electrons. The Morgan fingerprint density at radius 1 is 0.455 bits per heavy atom. The maximum absolute atomic E-state index is 6.46. The molecule has 0 amide bonds. The van der Waals surface area contributed by atoms with Crippen molar-refractivity contribution in [3.63, 3.8) is 0 Å². The first-order valence-electron chi connectivity index (χ1n) is 15.1. The zero-order valence-corrected chi connectivity index (χ0v) is 23.5. The van der Waals surface area contributed by atoms with Crippen LogP contribution >= 0.6 is 0 Å². The maximum atomic E-state index is 6.46. The van der Waals surface area contributed by atoms with Crippen LogP contribution in [-0.2, 0) is 0 Å². The average Bonchev–Trinajstić information content (AvgIpc) is 3.73. The molecule has 0 unspecified atom stereocenters. The number of hydrogen-bond acceptors (Lipinski definition) is 2. The average molecular weight is 559 g/mol. The zero-order chi connectivity index (χ0) is 28.5. The fraction of sp³-hybridized carbons (Fsp3) is 0. The Labute approximate surface area is 252 Å². The second kappa shape index (κ2) is 7.91. The van der Waals surface area contributed by atoms with Gasteiger partial charge in [-0.3, -0.25) is 0 Å². The molecule has 0 saturated heterocycles. The maximum Gasteiger partial charge on any atom is 0.227 e. The first kappa shape index (κ1) is 22.6. The molecule has 0 aliphatic heterocycles. The van der Waals surface area contributed by atoms with Gasteiger partial charge in [-0.05, 0) is 69.4 Å². The van der Waals surface area contributed by atoms with Crippen LogP contribution < -0.4 is 0 Å². The summed E-state index contributed by atoms with van der Waals surface area (Å²) in [4.78, 5) is 5.00. The van der Waals surface area contributed by atoms with Crippen LogP contribution in [0.2, 0.25) is 0 Å². The molecule has 2 aliphatic carbocycles. The highest BCUT2D eigenvalue weighted by Crippen LogP contribution is 2.52. The van der Waals surface area contributed by atoms with E-state index in [9.17, 15) is 0 Å². The molecule has 0 saturated carbocycles. The summed E-state index contributed by atoms with van der Waals surface area (Å²) >= 11 is 0. The molecule has 202 valence electrons. The van der Waals surface area contributed by atoms with Crippen LogP contribution in [0.15, 0.2) is 138 Å². The van der Waals surface area contributed by atoms with E-state index in [1.807, 2.05) is 30.3 Å². The van der Waals surface area contributed by atoms with Gasteiger partial charge in [-0.25, -0.2) is 4.98 Å². The molecule has 2 heterocycles. The number of nitrogens with zero attached hydrogens (tertiary/aromatic N) is 2. The third-order valence-electron chi connectivity index (χ3n) is 9.71. The first-order chi connectivity index (χ1) is 21.8. The van der Waals surface area contributed by atoms with Gasteiger partial charge in [0, 0.05) is 38.2 Å². The van der Waals surface area contributed by atoms with Crippen LogP contribution in [0.3, 0.4) is 0 Å². The number of oxazole rings is 1. The smallest absolute Gasteiger partial charge is 0.227 e. The second-order valence-electron chi connectivity index (χ2n) is 11.9. The van der Waals surface area contributed by atoms with Gasteiger partial charge in [0.25, 0.3) is 0 Å². The summed E-state index contributed by atoms with van der Waals surface area (Å²) in [5, 5.41) is 7.64. The summed E-state index contributed by atoms with van der Waals surface area (Å²) < 4.78 is 8.93. The Morgan fingerprint density at radius 3 is 2.02 bits per heavy atom. The van der Waals surface area contributed by atoms with E-state index >= 15 is 0 Å². The SMILES string of the molecule is c1ccc(-c2nc3c(o2)-c2ccc(-n4c5cccc6c5c5c7c(cccc7ccc54)-c4ccccc4-6)c4cccc-3c24)cc1. The van der Waals surface area contributed by atoms with Crippen LogP contribution in [0.5, 0.6) is 0 Å². The van der Waals surface area contributed by atoms with Crippen molar-refractivity contribution in [2.75, 3.05) is 0 Å². The third kappa shape index (κ3) is 2.66. The van der Waals surface area contributed by atoms with Crippen molar-refractivity contribution in [1.82, 2.24) is 9.55 Å². The molecule has 11 rings (SSSR count). The van der Waals surface area contributed by atoms with Gasteiger partial charge in [-0.2, -0.15) is 0 Å². The van der Waals surface area contributed by atoms with Crippen molar-refractivity contribution in [2.45, 2.75) is 0 Å². The van der Waals surface area contributed by atoms with Gasteiger partial charge in [0.2, 0.25) is 5.89 Å². The molecule has 7 aromatic carbocycles. The minimum atomic E-state index is 0.662. The Hall–Kier alpha value is -5.93. The normalized spacial score (nSPS) is 12.5. The molecule has 2 aliphatic rings. The summed E-state index contributed by atoms with van der Waals surface area (Å²) in [6.07, 6.45) is 0. The van der Waals surface area contributed by atoms with E-state index in [1.54, 1.807) is 0 Å². The molecule has 0 fully saturated rings. The van der Waals surface area contributed by atoms with E-state index in [1.165, 1.54) is 71.3 Å². The van der Waals surface area contributed by atoms with Crippen molar-refractivity contribution < 1.29 is 4.42 Å². The van der Waals surface area contributed by atoms with Gasteiger partial charge in [-0.1, -0.05) is 97.1 Å². The lowest BCUT2D eigenvalue weighted by atomic mass is 9.93. The lowest BCUT2D eigenvalue weighted by molar-refractivity contribution is 0.590. The molecular weight excluding hydrogens is 536 g/mol. The molecule has 2 aromatic heterocycles. The number of aromatic nitrogens is 2. The van der Waals surface area contributed by atoms with E-state index in [4.69, 9.17) is 9.40 Å². The molecule has 44 heavy (non-hydrogen) atoms. The molecule has 0 spiro atoms. The van der Waals surface area contributed by atoms with Crippen molar-refractivity contribution >= 4 is 43.4 Å². The molecule has 3 nitrogen and oxygen atoms in total. The molecule has 9 aromatic rings. The van der Waals surface area contributed by atoms with E-state index in [0.717, 1.165) is 28.1 Å². The van der Waals surface area contributed by atoms with Crippen LogP contribution in [0, 0.1) is 0 Å². The lowest BCUT2D eigenvalue weighted by Gasteiger charge is -2.15. The van der Waals surface area contributed by atoms with E-state index in [0.29, 0.717) is 5.89 Å². The van der Waals surface area contributed by atoms with Crippen molar-refractivity contribution in [2.24, 2.45) is 0 Å². The zero-order valence-electron chi connectivity index (χ0n) is 23.5. The molecular formula is C41H22N2O. The lowest BCUT2D eigenvalue weighted by Crippen LogP contribution is -1.96. The third-order valence-corrected chi connectivity index (χ3v) is 9.71. The Kier molecular flexibility index (Phi) is 4.07. The van der Waals surface area contributed by atoms with Gasteiger partial charge < -0.3 is 8.98 Å². The Balaban J connectivity index is 1.24. The van der Waals surface area contributed by atoms with Gasteiger partial charge in [0.05, 0.1) is 16.7 Å². The molecule has 0 N–H and O–H groups in total. The van der Waals surface area contributed by atoms with Gasteiger partial charge in [0.1, 0.15) is 5.69 Å². The fourth-order valence-electron chi connectivity index (χ4n) is 7.95. The van der Waals surface area contributed by atoms with Crippen molar-refractivity contribution in [1.29, 1.82) is 0 Å². The summed E-state index contributed by atoms with van der Waals surface area (Å²) in [5.74, 6) is 1.52. The van der Waals surface area contributed by atoms with Gasteiger partial charge in [-0.15, -0.1) is 0 Å². The summed E-state index contributed by atoms with van der Waals surface area (Å²) in [6.45, 7) is 0. The predicted octanol–water partition coefficient (Wildman–Crippen LogP) is 11.0. The minimum Gasteiger partial charge on any atom is -0.435 e. The number of rotatable bonds is 2. The van der Waals surface area contributed by atoms with Crippen LogP contribution in [0.1, 0.15) is 0 Å². The second-order valence-corrected chi connectivity index (χ2v) is 11.9. The van der Waals surface area contributed by atoms with E-state index in [-0.39, 0.29) is 0 Å². The molecule has 0 atom stereocenters. The summed E-state index contributed by atoms with van der Waals surface area (Å²) in [6, 6.07) is 48.2. The van der Waals surface area contributed by atoms with Gasteiger partial charge in [0.15, 0.2) is 5.76 Å². The van der Waals surface area contributed by atoms with Crippen LogP contribution in [-0.4, -0.2) is 9.55 Å². The van der Waals surface area contributed by atoms with Gasteiger partial charge >= 0.3 is 0 Å². The number of benzene rings is 7. The Bertz CT molecular complexity index is 2680. The van der Waals surface area contributed by atoms with Crippen LogP contribution in [0.4, 0.5) is 0 Å².